The lowest BCUT2D eigenvalue weighted by atomic mass is 10.1. The number of carbonyl (C=O) groups excluding carboxylic acids is 2. The molecule has 1 amide bonds. The van der Waals surface area contributed by atoms with Gasteiger partial charge < -0.3 is 5.32 Å². The molecule has 0 fully saturated rings. The van der Waals surface area contributed by atoms with E-state index in [9.17, 15) is 9.59 Å². The number of aryl methyl sites for hydroxylation is 1. The predicted octanol–water partition coefficient (Wildman–Crippen LogP) is 4.54. The van der Waals surface area contributed by atoms with Gasteiger partial charge in [0.1, 0.15) is 5.82 Å². The first-order chi connectivity index (χ1) is 14.3. The highest BCUT2D eigenvalue weighted by Crippen LogP contribution is 2.28. The van der Waals surface area contributed by atoms with Gasteiger partial charge in [0, 0.05) is 25.5 Å². The van der Waals surface area contributed by atoms with Crippen LogP contribution in [0.1, 0.15) is 28.7 Å². The second-order valence-corrected chi connectivity index (χ2v) is 8.40. The van der Waals surface area contributed by atoms with Crippen LogP contribution in [0.3, 0.4) is 0 Å². The smallest absolute Gasteiger partial charge is 0.216 e. The predicted molar refractivity (Wildman–Crippen MR) is 120 cm³/mol. The topological polar surface area (TPSA) is 76.9 Å². The van der Waals surface area contributed by atoms with Gasteiger partial charge in [-0.2, -0.15) is 0 Å². The van der Waals surface area contributed by atoms with Crippen LogP contribution >= 0.6 is 35.0 Å². The molecule has 3 rings (SSSR count). The monoisotopic (exact) mass is 462 g/mol. The average molecular weight is 463 g/mol. The lowest BCUT2D eigenvalue weighted by Gasteiger charge is -2.11. The summed E-state index contributed by atoms with van der Waals surface area (Å²) in [5.74, 6) is 0.749. The number of benzene rings is 2. The highest BCUT2D eigenvalue weighted by Gasteiger charge is 2.17. The van der Waals surface area contributed by atoms with Crippen LogP contribution in [0, 0.1) is 6.92 Å². The molecule has 3 aromatic rings. The molecule has 0 atom stereocenters. The summed E-state index contributed by atoms with van der Waals surface area (Å²) in [6.45, 7) is 3.86. The standard InChI is InChI=1S/C21H20Cl2N4O2S/c1-13-3-5-15(6-4-13)19(29)12-30-21-26-25-20(9-10-24-14(2)28)27(21)16-7-8-17(22)18(23)11-16/h3-8,11H,9-10,12H2,1-2H3,(H,24,28). The van der Waals surface area contributed by atoms with Crippen molar-refractivity contribution in [3.8, 4) is 5.69 Å². The van der Waals surface area contributed by atoms with Gasteiger partial charge in [0.15, 0.2) is 10.9 Å². The number of Topliss-reactive ketones (excluding diaryl/α,β-unsaturated/α-hetero) is 1. The SMILES string of the molecule is CC(=O)NCCc1nnc(SCC(=O)c2ccc(C)cc2)n1-c1ccc(Cl)c(Cl)c1. The van der Waals surface area contributed by atoms with Gasteiger partial charge in [-0.05, 0) is 25.1 Å². The van der Waals surface area contributed by atoms with Crippen LogP contribution in [-0.2, 0) is 11.2 Å². The van der Waals surface area contributed by atoms with Crippen LogP contribution in [0.15, 0.2) is 47.6 Å². The van der Waals surface area contributed by atoms with Gasteiger partial charge in [-0.15, -0.1) is 10.2 Å². The molecule has 0 radical (unpaired) electrons. The first-order valence-electron chi connectivity index (χ1n) is 9.22. The van der Waals surface area contributed by atoms with Crippen LogP contribution in [0.25, 0.3) is 5.69 Å². The fourth-order valence-corrected chi connectivity index (χ4v) is 3.90. The number of amides is 1. The summed E-state index contributed by atoms with van der Waals surface area (Å²) >= 11 is 13.5. The van der Waals surface area contributed by atoms with E-state index in [2.05, 4.69) is 15.5 Å². The highest BCUT2D eigenvalue weighted by molar-refractivity contribution is 7.99. The Morgan fingerprint density at radius 3 is 2.47 bits per heavy atom. The number of rotatable bonds is 8. The van der Waals surface area contributed by atoms with Crippen molar-refractivity contribution >= 4 is 46.7 Å². The molecule has 30 heavy (non-hydrogen) atoms. The summed E-state index contributed by atoms with van der Waals surface area (Å²) in [5, 5.41) is 12.7. The van der Waals surface area contributed by atoms with E-state index in [0.717, 1.165) is 11.3 Å². The van der Waals surface area contributed by atoms with Gasteiger partial charge in [-0.1, -0.05) is 64.8 Å². The minimum Gasteiger partial charge on any atom is -0.356 e. The van der Waals surface area contributed by atoms with Gasteiger partial charge in [-0.25, -0.2) is 0 Å². The zero-order chi connectivity index (χ0) is 21.7. The summed E-state index contributed by atoms with van der Waals surface area (Å²) in [6.07, 6.45) is 0.472. The number of ketones is 1. The quantitative estimate of drug-likeness (QED) is 0.392. The fourth-order valence-electron chi connectivity index (χ4n) is 2.74. The Morgan fingerprint density at radius 2 is 1.80 bits per heavy atom. The molecule has 1 N–H and O–H groups in total. The number of hydrogen-bond donors (Lipinski definition) is 1. The second-order valence-electron chi connectivity index (χ2n) is 6.64. The van der Waals surface area contributed by atoms with Crippen molar-refractivity contribution in [1.29, 1.82) is 0 Å². The molecule has 0 spiro atoms. The summed E-state index contributed by atoms with van der Waals surface area (Å²) in [7, 11) is 0. The van der Waals surface area contributed by atoms with E-state index in [1.54, 1.807) is 12.1 Å². The Kier molecular flexibility index (Phi) is 7.53. The summed E-state index contributed by atoms with van der Waals surface area (Å²) < 4.78 is 1.83. The van der Waals surface area contributed by atoms with Crippen LogP contribution in [0.2, 0.25) is 10.0 Å². The number of carbonyl (C=O) groups is 2. The molecule has 9 heteroatoms. The van der Waals surface area contributed by atoms with Gasteiger partial charge in [0.2, 0.25) is 5.91 Å². The number of halogens is 2. The Balaban J connectivity index is 1.84. The minimum absolute atomic E-state index is 0.00323. The number of nitrogens with zero attached hydrogens (tertiary/aromatic N) is 3. The molecule has 0 aliphatic carbocycles. The van der Waals surface area contributed by atoms with E-state index >= 15 is 0 Å². The molecule has 0 saturated heterocycles. The number of hydrogen-bond acceptors (Lipinski definition) is 5. The highest BCUT2D eigenvalue weighted by atomic mass is 35.5. The zero-order valence-corrected chi connectivity index (χ0v) is 18.8. The molecule has 1 aromatic heterocycles. The van der Waals surface area contributed by atoms with E-state index in [4.69, 9.17) is 23.2 Å². The fraction of sp³-hybridized carbons (Fsp3) is 0.238. The van der Waals surface area contributed by atoms with Crippen molar-refractivity contribution in [1.82, 2.24) is 20.1 Å². The van der Waals surface area contributed by atoms with E-state index in [0.29, 0.717) is 39.6 Å². The van der Waals surface area contributed by atoms with Crippen molar-refractivity contribution in [2.45, 2.75) is 25.4 Å². The van der Waals surface area contributed by atoms with Crippen LogP contribution in [-0.4, -0.2) is 38.8 Å². The normalized spacial score (nSPS) is 10.8. The largest absolute Gasteiger partial charge is 0.356 e. The maximum Gasteiger partial charge on any atom is 0.216 e. The minimum atomic E-state index is -0.117. The molecule has 0 saturated carbocycles. The Labute approximate surface area is 189 Å². The van der Waals surface area contributed by atoms with E-state index in [1.807, 2.05) is 41.8 Å². The molecule has 2 aromatic carbocycles. The molecule has 156 valence electrons. The molecule has 0 unspecified atom stereocenters. The van der Waals surface area contributed by atoms with Crippen LogP contribution in [0.4, 0.5) is 0 Å². The van der Waals surface area contributed by atoms with Crippen molar-refractivity contribution < 1.29 is 9.59 Å². The molecular formula is C21H20Cl2N4O2S. The summed E-state index contributed by atoms with van der Waals surface area (Å²) in [4.78, 5) is 23.7. The molecule has 0 bridgehead atoms. The van der Waals surface area contributed by atoms with Crippen molar-refractivity contribution in [3.63, 3.8) is 0 Å². The maximum atomic E-state index is 12.6. The van der Waals surface area contributed by atoms with Gasteiger partial charge in [0.25, 0.3) is 0 Å². The first kappa shape index (κ1) is 22.3. The summed E-state index contributed by atoms with van der Waals surface area (Å²) in [5.41, 5.74) is 2.49. The average Bonchev–Trinajstić information content (AvgIpc) is 3.11. The van der Waals surface area contributed by atoms with E-state index in [1.165, 1.54) is 18.7 Å². The zero-order valence-electron chi connectivity index (χ0n) is 16.5. The van der Waals surface area contributed by atoms with Gasteiger partial charge in [-0.3, -0.25) is 14.2 Å². The van der Waals surface area contributed by atoms with Gasteiger partial charge in [0.05, 0.1) is 21.5 Å². The maximum absolute atomic E-state index is 12.6. The number of thioether (sulfide) groups is 1. The Bertz CT molecular complexity index is 1070. The second kappa shape index (κ2) is 10.1. The third kappa shape index (κ3) is 5.62. The van der Waals surface area contributed by atoms with Crippen LogP contribution < -0.4 is 5.32 Å². The van der Waals surface area contributed by atoms with Crippen molar-refractivity contribution in [2.24, 2.45) is 0 Å². The first-order valence-corrected chi connectivity index (χ1v) is 11.0. The van der Waals surface area contributed by atoms with E-state index < -0.39 is 0 Å². The van der Waals surface area contributed by atoms with Crippen LogP contribution in [0.5, 0.6) is 0 Å². The molecular weight excluding hydrogens is 443 g/mol. The third-order valence-corrected chi connectivity index (χ3v) is 5.96. The Morgan fingerprint density at radius 1 is 1.07 bits per heavy atom. The van der Waals surface area contributed by atoms with Crippen molar-refractivity contribution in [3.05, 3.63) is 69.5 Å². The number of nitrogens with one attached hydrogen (secondary N) is 1. The van der Waals surface area contributed by atoms with E-state index in [-0.39, 0.29) is 17.4 Å². The third-order valence-electron chi connectivity index (χ3n) is 4.29. The molecule has 6 nitrogen and oxygen atoms in total. The Hall–Kier alpha value is -2.35. The van der Waals surface area contributed by atoms with Gasteiger partial charge >= 0.3 is 0 Å². The van der Waals surface area contributed by atoms with Crippen molar-refractivity contribution in [2.75, 3.05) is 12.3 Å². The lowest BCUT2D eigenvalue weighted by Crippen LogP contribution is -2.23. The summed E-state index contributed by atoms with van der Waals surface area (Å²) in [6, 6.07) is 12.7. The molecule has 0 aliphatic rings. The number of aromatic nitrogens is 3. The lowest BCUT2D eigenvalue weighted by molar-refractivity contribution is -0.118. The molecule has 1 heterocycles. The molecule has 0 aliphatic heterocycles.